The van der Waals surface area contributed by atoms with Crippen molar-refractivity contribution >= 4 is 40.1 Å². The zero-order valence-corrected chi connectivity index (χ0v) is 17.5. The number of rotatable bonds is 7. The van der Waals surface area contributed by atoms with Crippen LogP contribution < -0.4 is 5.32 Å². The molecule has 1 aromatic heterocycles. The Morgan fingerprint density at radius 1 is 1.10 bits per heavy atom. The van der Waals surface area contributed by atoms with E-state index in [9.17, 15) is 14.9 Å². The molecule has 1 amide bonds. The first-order valence-electron chi connectivity index (χ1n) is 9.56. The molecular formula is C23H19N3O4S. The Hall–Kier alpha value is -3.65. The zero-order chi connectivity index (χ0) is 21.8. The van der Waals surface area contributed by atoms with Gasteiger partial charge in [-0.3, -0.25) is 14.9 Å². The van der Waals surface area contributed by atoms with E-state index in [1.54, 1.807) is 12.1 Å². The molecule has 31 heavy (non-hydrogen) atoms. The maximum Gasteiger partial charge on any atom is 0.269 e. The lowest BCUT2D eigenvalue weighted by atomic mass is 10.2. The number of non-ortho nitro benzene ring substituents is 1. The van der Waals surface area contributed by atoms with Gasteiger partial charge in [-0.25, -0.2) is 4.98 Å². The maximum atomic E-state index is 12.2. The number of nitro benzene ring substituents is 1. The lowest BCUT2D eigenvalue weighted by Crippen LogP contribution is -2.14. The third kappa shape index (κ3) is 5.10. The van der Waals surface area contributed by atoms with Crippen LogP contribution in [-0.2, 0) is 10.5 Å². The summed E-state index contributed by atoms with van der Waals surface area (Å²) in [4.78, 5) is 27.0. The molecule has 1 N–H and O–H groups in total. The number of carbonyl (C=O) groups is 1. The highest BCUT2D eigenvalue weighted by Crippen LogP contribution is 2.26. The van der Waals surface area contributed by atoms with E-state index in [0.717, 1.165) is 27.8 Å². The predicted octanol–water partition coefficient (Wildman–Crippen LogP) is 5.58. The topological polar surface area (TPSA) is 98.3 Å². The Morgan fingerprint density at radius 3 is 2.55 bits per heavy atom. The van der Waals surface area contributed by atoms with Gasteiger partial charge in [-0.2, -0.15) is 0 Å². The molecule has 0 fully saturated rings. The Bertz CT molecular complexity index is 1230. The van der Waals surface area contributed by atoms with Crippen molar-refractivity contribution in [1.82, 2.24) is 4.98 Å². The number of aryl methyl sites for hydroxylation is 1. The van der Waals surface area contributed by atoms with Gasteiger partial charge in [0, 0.05) is 29.1 Å². The highest BCUT2D eigenvalue weighted by molar-refractivity contribution is 7.99. The average Bonchev–Trinajstić information content (AvgIpc) is 3.18. The van der Waals surface area contributed by atoms with Crippen LogP contribution in [0, 0.1) is 17.0 Å². The molecule has 4 rings (SSSR count). The quantitative estimate of drug-likeness (QED) is 0.302. The van der Waals surface area contributed by atoms with Crippen molar-refractivity contribution in [1.29, 1.82) is 0 Å². The number of carbonyl (C=O) groups excluding carboxylic acids is 1. The first-order chi connectivity index (χ1) is 15.0. The van der Waals surface area contributed by atoms with E-state index >= 15 is 0 Å². The fourth-order valence-corrected chi connectivity index (χ4v) is 3.82. The number of nitrogens with zero attached hydrogens (tertiary/aromatic N) is 2. The Kier molecular flexibility index (Phi) is 5.99. The van der Waals surface area contributed by atoms with Crippen LogP contribution in [0.25, 0.3) is 22.6 Å². The summed E-state index contributed by atoms with van der Waals surface area (Å²) in [5, 5.41) is 13.5. The van der Waals surface area contributed by atoms with Crippen molar-refractivity contribution in [2.45, 2.75) is 12.7 Å². The second-order valence-corrected chi connectivity index (χ2v) is 8.02. The monoisotopic (exact) mass is 433 g/mol. The van der Waals surface area contributed by atoms with Gasteiger partial charge >= 0.3 is 0 Å². The summed E-state index contributed by atoms with van der Waals surface area (Å²) in [6.07, 6.45) is 0. The van der Waals surface area contributed by atoms with E-state index in [4.69, 9.17) is 4.42 Å². The van der Waals surface area contributed by atoms with Crippen molar-refractivity contribution in [3.05, 3.63) is 88.0 Å². The summed E-state index contributed by atoms with van der Waals surface area (Å²) in [5.74, 6) is 1.30. The largest absolute Gasteiger partial charge is 0.436 e. The molecule has 0 atom stereocenters. The number of oxazole rings is 1. The van der Waals surface area contributed by atoms with E-state index in [1.165, 1.54) is 23.9 Å². The minimum absolute atomic E-state index is 0.0582. The summed E-state index contributed by atoms with van der Waals surface area (Å²) in [5.41, 5.74) is 5.19. The molecule has 0 saturated carbocycles. The fourth-order valence-electron chi connectivity index (χ4n) is 3.03. The van der Waals surface area contributed by atoms with Gasteiger partial charge in [-0.1, -0.05) is 18.2 Å². The van der Waals surface area contributed by atoms with Gasteiger partial charge in [-0.15, -0.1) is 11.8 Å². The van der Waals surface area contributed by atoms with Crippen molar-refractivity contribution < 1.29 is 14.1 Å². The zero-order valence-electron chi connectivity index (χ0n) is 16.7. The van der Waals surface area contributed by atoms with E-state index in [-0.39, 0.29) is 17.3 Å². The van der Waals surface area contributed by atoms with Crippen LogP contribution in [0.15, 0.2) is 71.1 Å². The summed E-state index contributed by atoms with van der Waals surface area (Å²) in [6, 6.07) is 19.6. The number of amides is 1. The summed E-state index contributed by atoms with van der Waals surface area (Å²) in [7, 11) is 0. The third-order valence-corrected chi connectivity index (χ3v) is 5.61. The van der Waals surface area contributed by atoms with Crippen LogP contribution >= 0.6 is 11.8 Å². The SMILES string of the molecule is Cc1ccc2oc(-c3ccc(NC(=O)CSCc4ccc([N+](=O)[O-])cc4)cc3)nc2c1. The van der Waals surface area contributed by atoms with Crippen LogP contribution in [0.3, 0.4) is 0 Å². The van der Waals surface area contributed by atoms with Crippen LogP contribution in [-0.4, -0.2) is 21.6 Å². The number of thioether (sulfide) groups is 1. The molecule has 0 radical (unpaired) electrons. The van der Waals surface area contributed by atoms with E-state index in [2.05, 4.69) is 10.3 Å². The number of aromatic nitrogens is 1. The van der Waals surface area contributed by atoms with Gasteiger partial charge in [0.2, 0.25) is 11.8 Å². The molecule has 8 heteroatoms. The molecule has 0 aliphatic rings. The number of hydrogen-bond acceptors (Lipinski definition) is 6. The Morgan fingerprint density at radius 2 is 1.84 bits per heavy atom. The Labute approximate surface area is 182 Å². The molecule has 0 bridgehead atoms. The molecule has 3 aromatic carbocycles. The first-order valence-corrected chi connectivity index (χ1v) is 10.7. The number of hydrogen-bond donors (Lipinski definition) is 1. The van der Waals surface area contributed by atoms with Crippen molar-refractivity contribution in [2.75, 3.05) is 11.1 Å². The number of nitro groups is 1. The van der Waals surface area contributed by atoms with Gasteiger partial charge in [0.1, 0.15) is 5.52 Å². The highest BCUT2D eigenvalue weighted by atomic mass is 32.2. The van der Waals surface area contributed by atoms with E-state index < -0.39 is 4.92 Å². The lowest BCUT2D eigenvalue weighted by Gasteiger charge is -2.06. The van der Waals surface area contributed by atoms with Gasteiger partial charge in [0.05, 0.1) is 10.7 Å². The van der Waals surface area contributed by atoms with E-state index in [1.807, 2.05) is 49.4 Å². The van der Waals surface area contributed by atoms with E-state index in [0.29, 0.717) is 17.3 Å². The molecular weight excluding hydrogens is 414 g/mol. The third-order valence-electron chi connectivity index (χ3n) is 4.61. The predicted molar refractivity (Wildman–Crippen MR) is 122 cm³/mol. The number of anilines is 1. The molecule has 0 unspecified atom stereocenters. The second kappa shape index (κ2) is 9.01. The van der Waals surface area contributed by atoms with Crippen LogP contribution in [0.1, 0.15) is 11.1 Å². The lowest BCUT2D eigenvalue weighted by molar-refractivity contribution is -0.384. The number of fused-ring (bicyclic) bond motifs is 1. The van der Waals surface area contributed by atoms with Crippen LogP contribution in [0.2, 0.25) is 0 Å². The minimum Gasteiger partial charge on any atom is -0.436 e. The molecule has 0 aliphatic heterocycles. The molecule has 0 spiro atoms. The maximum absolute atomic E-state index is 12.2. The molecule has 156 valence electrons. The smallest absolute Gasteiger partial charge is 0.269 e. The molecule has 4 aromatic rings. The summed E-state index contributed by atoms with van der Waals surface area (Å²) in [6.45, 7) is 2.01. The van der Waals surface area contributed by atoms with Crippen molar-refractivity contribution in [2.24, 2.45) is 0 Å². The normalized spacial score (nSPS) is 10.9. The van der Waals surface area contributed by atoms with Gasteiger partial charge in [0.25, 0.3) is 5.69 Å². The molecule has 0 saturated heterocycles. The first kappa shape index (κ1) is 20.6. The van der Waals surface area contributed by atoms with Crippen LogP contribution in [0.4, 0.5) is 11.4 Å². The van der Waals surface area contributed by atoms with Crippen LogP contribution in [0.5, 0.6) is 0 Å². The van der Waals surface area contributed by atoms with Gasteiger partial charge in [0.15, 0.2) is 5.58 Å². The van der Waals surface area contributed by atoms with Gasteiger partial charge < -0.3 is 9.73 Å². The molecule has 7 nitrogen and oxygen atoms in total. The number of benzene rings is 3. The number of nitrogens with one attached hydrogen (secondary N) is 1. The summed E-state index contributed by atoms with van der Waals surface area (Å²) < 4.78 is 5.81. The second-order valence-electron chi connectivity index (χ2n) is 7.03. The standard InChI is InChI=1S/C23H19N3O4S/c1-15-2-11-21-20(12-15)25-23(30-21)17-5-7-18(8-6-17)24-22(27)14-31-13-16-3-9-19(10-4-16)26(28)29/h2-12H,13-14H2,1H3,(H,24,27). The summed E-state index contributed by atoms with van der Waals surface area (Å²) >= 11 is 1.44. The Balaban J connectivity index is 1.30. The average molecular weight is 433 g/mol. The van der Waals surface area contributed by atoms with Crippen molar-refractivity contribution in [3.8, 4) is 11.5 Å². The highest BCUT2D eigenvalue weighted by Gasteiger charge is 2.10. The molecule has 1 heterocycles. The molecule has 0 aliphatic carbocycles. The fraction of sp³-hybridized carbons (Fsp3) is 0.130. The minimum atomic E-state index is -0.430. The van der Waals surface area contributed by atoms with Gasteiger partial charge in [-0.05, 0) is 54.4 Å². The van der Waals surface area contributed by atoms with Crippen molar-refractivity contribution in [3.63, 3.8) is 0 Å².